The largest absolute Gasteiger partial charge is 0.319 e. The maximum atomic E-state index is 9.23. The van der Waals surface area contributed by atoms with Gasteiger partial charge in [-0.25, -0.2) is 15.0 Å². The quantitative estimate of drug-likeness (QED) is 0.185. The highest BCUT2D eigenvalue weighted by atomic mass is 14.9. The van der Waals surface area contributed by atoms with Gasteiger partial charge in [0.05, 0.1) is 34.4 Å². The molecule has 0 aliphatic heterocycles. The summed E-state index contributed by atoms with van der Waals surface area (Å²) in [5.41, 5.74) is 20.5. The molecule has 1 unspecified atom stereocenters. The van der Waals surface area contributed by atoms with Crippen LogP contribution in [0.2, 0.25) is 0 Å². The van der Waals surface area contributed by atoms with Crippen molar-refractivity contribution in [3.8, 4) is 56.3 Å². The van der Waals surface area contributed by atoms with Gasteiger partial charge in [-0.15, -0.1) is 0 Å². The lowest BCUT2D eigenvalue weighted by Gasteiger charge is -2.27. The van der Waals surface area contributed by atoms with Crippen LogP contribution in [-0.2, 0) is 0 Å². The summed E-state index contributed by atoms with van der Waals surface area (Å²) in [5, 5.41) is 10.2. The van der Waals surface area contributed by atoms with E-state index in [9.17, 15) is 5.41 Å². The zero-order chi connectivity index (χ0) is 35.0. The van der Waals surface area contributed by atoms with Gasteiger partial charge < -0.3 is 11.1 Å². The third-order valence-electron chi connectivity index (χ3n) is 9.75. The molecule has 8 aromatic rings. The Bertz CT molecular complexity index is 2560. The lowest BCUT2D eigenvalue weighted by atomic mass is 9.81. The van der Waals surface area contributed by atoms with Gasteiger partial charge in [0, 0.05) is 38.8 Å². The Kier molecular flexibility index (Phi) is 7.88. The van der Waals surface area contributed by atoms with Gasteiger partial charge in [0.1, 0.15) is 0 Å². The molecule has 1 aliphatic carbocycles. The van der Waals surface area contributed by atoms with E-state index in [0.29, 0.717) is 11.5 Å². The van der Waals surface area contributed by atoms with Crippen LogP contribution in [0.1, 0.15) is 16.7 Å². The molecule has 1 atom stereocenters. The van der Waals surface area contributed by atoms with Crippen LogP contribution in [0.15, 0.2) is 170 Å². The molecule has 2 aromatic heterocycles. The first-order chi connectivity index (χ1) is 25.6. The number of nitrogens with two attached hydrogens (primary N) is 1. The van der Waals surface area contributed by atoms with E-state index in [4.69, 9.17) is 20.7 Å². The normalized spacial score (nSPS) is 13.8. The minimum atomic E-state index is -0.531. The number of para-hydroxylation sites is 1. The fraction of sp³-hybridized carbons (Fsp3) is 0.0213. The van der Waals surface area contributed by atoms with Crippen LogP contribution in [0.5, 0.6) is 0 Å². The van der Waals surface area contributed by atoms with Crippen molar-refractivity contribution < 1.29 is 0 Å². The van der Waals surface area contributed by atoms with Gasteiger partial charge in [-0.3, -0.25) is 0 Å². The predicted molar refractivity (Wildman–Crippen MR) is 214 cm³/mol. The lowest BCUT2D eigenvalue weighted by molar-refractivity contribution is 1.08. The molecule has 5 heteroatoms. The zero-order valence-corrected chi connectivity index (χ0v) is 28.2. The summed E-state index contributed by atoms with van der Waals surface area (Å²) in [4.78, 5) is 15.1. The Morgan fingerprint density at radius 3 is 1.56 bits per heavy atom. The molecule has 52 heavy (non-hydrogen) atoms. The molecule has 9 rings (SSSR count). The molecule has 0 fully saturated rings. The van der Waals surface area contributed by atoms with Crippen molar-refractivity contribution in [1.82, 2.24) is 15.0 Å². The van der Waals surface area contributed by atoms with Crippen LogP contribution in [0.25, 0.3) is 78.8 Å². The number of rotatable bonds is 6. The molecule has 1 aliphatic rings. The summed E-state index contributed by atoms with van der Waals surface area (Å²) >= 11 is 0. The van der Waals surface area contributed by atoms with Crippen molar-refractivity contribution in [2.75, 3.05) is 0 Å². The topological polar surface area (TPSA) is 88.5 Å². The Morgan fingerprint density at radius 2 is 0.942 bits per heavy atom. The van der Waals surface area contributed by atoms with E-state index in [1.54, 1.807) is 0 Å². The number of nitrogens with one attached hydrogen (secondary N) is 1. The third-order valence-corrected chi connectivity index (χ3v) is 9.75. The standard InChI is InChI=1S/C47H33N5/c48-44-38(32-12-4-1-5-13-32)28-39-43(45(44)49)37-18-10-11-19-40(37)50-46(39)35-26-22-31(23-27-35)30-20-24-34(25-21-30)42-29-41(33-14-6-2-7-15-33)51-47(52-42)36-16-8-3-9-17-36/h1-29,44,49H,48H2. The smallest absolute Gasteiger partial charge is 0.160 e. The van der Waals surface area contributed by atoms with Gasteiger partial charge >= 0.3 is 0 Å². The van der Waals surface area contributed by atoms with Gasteiger partial charge in [0.15, 0.2) is 5.82 Å². The second-order valence-electron chi connectivity index (χ2n) is 13.0. The van der Waals surface area contributed by atoms with Gasteiger partial charge in [0.2, 0.25) is 0 Å². The maximum Gasteiger partial charge on any atom is 0.160 e. The number of nitrogens with zero attached hydrogens (tertiary/aromatic N) is 3. The average Bonchev–Trinajstić information content (AvgIpc) is 3.22. The van der Waals surface area contributed by atoms with Crippen molar-refractivity contribution in [2.24, 2.45) is 5.73 Å². The first-order valence-corrected chi connectivity index (χ1v) is 17.4. The molecule has 6 aromatic carbocycles. The number of pyridine rings is 1. The Balaban J connectivity index is 1.08. The average molecular weight is 668 g/mol. The molecule has 0 bridgehead atoms. The Hall–Kier alpha value is -6.82. The number of benzene rings is 6. The monoisotopic (exact) mass is 667 g/mol. The number of hydrogen-bond donors (Lipinski definition) is 2. The maximum absolute atomic E-state index is 9.23. The van der Waals surface area contributed by atoms with Crippen LogP contribution >= 0.6 is 0 Å². The molecule has 0 amide bonds. The second-order valence-corrected chi connectivity index (χ2v) is 13.0. The number of aromatic nitrogens is 3. The van der Waals surface area contributed by atoms with Crippen molar-refractivity contribution in [2.45, 2.75) is 6.04 Å². The molecular formula is C47H33N5. The minimum absolute atomic E-state index is 0.406. The molecule has 3 N–H and O–H groups in total. The summed E-state index contributed by atoms with van der Waals surface area (Å²) in [7, 11) is 0. The van der Waals surface area contributed by atoms with Crippen LogP contribution < -0.4 is 5.73 Å². The van der Waals surface area contributed by atoms with Crippen LogP contribution in [0.3, 0.4) is 0 Å². The minimum Gasteiger partial charge on any atom is -0.319 e. The SMILES string of the molecule is N=C1c2c(c(-c3ccc(-c4ccc(-c5cc(-c6ccccc6)nc(-c6ccccc6)n5)cc4)cc3)nc3ccccc23)C=C(c2ccccc2)C1N. The van der Waals surface area contributed by atoms with Gasteiger partial charge in [-0.2, -0.15) is 0 Å². The Morgan fingerprint density at radius 1 is 0.462 bits per heavy atom. The Labute approximate surface area is 302 Å². The van der Waals surface area contributed by atoms with E-state index < -0.39 is 6.04 Å². The molecule has 2 heterocycles. The van der Waals surface area contributed by atoms with E-state index in [-0.39, 0.29) is 0 Å². The summed E-state index contributed by atoms with van der Waals surface area (Å²) in [6, 6.07) is 57.1. The highest BCUT2D eigenvalue weighted by Gasteiger charge is 2.29. The number of hydrogen-bond acceptors (Lipinski definition) is 5. The highest BCUT2D eigenvalue weighted by Crippen LogP contribution is 2.39. The van der Waals surface area contributed by atoms with Crippen LogP contribution in [0.4, 0.5) is 0 Å². The molecule has 0 saturated carbocycles. The molecule has 246 valence electrons. The fourth-order valence-corrected chi connectivity index (χ4v) is 7.05. The van der Waals surface area contributed by atoms with E-state index >= 15 is 0 Å². The second kappa shape index (κ2) is 13.1. The fourth-order valence-electron chi connectivity index (χ4n) is 7.05. The number of fused-ring (bicyclic) bond motifs is 3. The molecular weight excluding hydrogens is 635 g/mol. The lowest BCUT2D eigenvalue weighted by Crippen LogP contribution is -2.35. The summed E-state index contributed by atoms with van der Waals surface area (Å²) < 4.78 is 0. The van der Waals surface area contributed by atoms with E-state index in [1.165, 1.54) is 0 Å². The summed E-state index contributed by atoms with van der Waals surface area (Å²) in [6.07, 6.45) is 2.13. The van der Waals surface area contributed by atoms with Crippen LogP contribution in [-0.4, -0.2) is 26.7 Å². The van der Waals surface area contributed by atoms with E-state index in [0.717, 1.165) is 83.6 Å². The van der Waals surface area contributed by atoms with Gasteiger partial charge in [0.25, 0.3) is 0 Å². The van der Waals surface area contributed by atoms with E-state index in [2.05, 4.69) is 72.8 Å². The molecule has 5 nitrogen and oxygen atoms in total. The highest BCUT2D eigenvalue weighted by molar-refractivity contribution is 6.23. The predicted octanol–water partition coefficient (Wildman–Crippen LogP) is 10.6. The van der Waals surface area contributed by atoms with Crippen molar-refractivity contribution >= 4 is 28.3 Å². The van der Waals surface area contributed by atoms with Crippen LogP contribution in [0, 0.1) is 5.41 Å². The van der Waals surface area contributed by atoms with E-state index in [1.807, 2.05) is 103 Å². The molecule has 0 radical (unpaired) electrons. The first-order valence-electron chi connectivity index (χ1n) is 17.4. The molecule has 0 spiro atoms. The zero-order valence-electron chi connectivity index (χ0n) is 28.2. The van der Waals surface area contributed by atoms with Gasteiger partial charge in [-0.1, -0.05) is 158 Å². The van der Waals surface area contributed by atoms with Crippen molar-refractivity contribution in [3.05, 3.63) is 187 Å². The molecule has 0 saturated heterocycles. The first kappa shape index (κ1) is 31.2. The van der Waals surface area contributed by atoms with Crippen molar-refractivity contribution in [1.29, 1.82) is 5.41 Å². The van der Waals surface area contributed by atoms with Crippen molar-refractivity contribution in [3.63, 3.8) is 0 Å². The summed E-state index contributed by atoms with van der Waals surface area (Å²) in [6.45, 7) is 0. The van der Waals surface area contributed by atoms with Gasteiger partial charge in [-0.05, 0) is 40.5 Å². The third kappa shape index (κ3) is 5.69. The summed E-state index contributed by atoms with van der Waals surface area (Å²) in [5.74, 6) is 0.698.